The number of nitrogens with zero attached hydrogens (tertiary/aromatic N) is 3. The number of anilines is 1. The van der Waals surface area contributed by atoms with Crippen LogP contribution in [0.2, 0.25) is 0 Å². The molecule has 0 unspecified atom stereocenters. The molecular weight excluding hydrogens is 338 g/mol. The minimum Gasteiger partial charge on any atom is -0.385 e. The first-order valence-corrected chi connectivity index (χ1v) is 10.4. The van der Waals surface area contributed by atoms with Crippen LogP contribution in [0.25, 0.3) is 0 Å². The lowest BCUT2D eigenvalue weighted by atomic mass is 9.83. The van der Waals surface area contributed by atoms with E-state index in [2.05, 4.69) is 37.6 Å². The van der Waals surface area contributed by atoms with E-state index in [1.165, 1.54) is 44.1 Å². The predicted octanol–water partition coefficient (Wildman–Crippen LogP) is 2.94. The van der Waals surface area contributed by atoms with Gasteiger partial charge in [-0.15, -0.1) is 0 Å². The van der Waals surface area contributed by atoms with Crippen LogP contribution in [0.15, 0.2) is 23.3 Å². The zero-order chi connectivity index (χ0) is 19.0. The van der Waals surface area contributed by atoms with Gasteiger partial charge in [0.05, 0.1) is 0 Å². The van der Waals surface area contributed by atoms with Gasteiger partial charge in [0.15, 0.2) is 5.96 Å². The maximum atomic E-state index is 5.33. The molecule has 2 aliphatic rings. The Bertz CT molecular complexity index is 589. The summed E-state index contributed by atoms with van der Waals surface area (Å²) >= 11 is 0. The molecule has 27 heavy (non-hydrogen) atoms. The average molecular weight is 374 g/mol. The van der Waals surface area contributed by atoms with Crippen molar-refractivity contribution in [1.29, 1.82) is 0 Å². The van der Waals surface area contributed by atoms with E-state index in [-0.39, 0.29) is 0 Å². The van der Waals surface area contributed by atoms with Crippen molar-refractivity contribution in [2.45, 2.75) is 51.5 Å². The maximum absolute atomic E-state index is 5.33. The minimum absolute atomic E-state index is 0.354. The summed E-state index contributed by atoms with van der Waals surface area (Å²) in [5.74, 6) is 1.96. The van der Waals surface area contributed by atoms with E-state index in [1.807, 2.05) is 13.2 Å². The number of pyridine rings is 1. The standard InChI is InChI=1S/C21H35N5O/c1-22-20(25-17-21(11-14-27-2)9-3-4-10-21)24-16-18-7-8-19(23-15-18)26-12-5-6-13-26/h7-8,15H,3-6,9-14,16-17H2,1-2H3,(H2,22,24,25). The van der Waals surface area contributed by atoms with Gasteiger partial charge >= 0.3 is 0 Å². The van der Waals surface area contributed by atoms with Crippen LogP contribution in [0.5, 0.6) is 0 Å². The number of nitrogens with one attached hydrogen (secondary N) is 2. The first kappa shape index (κ1) is 19.9. The monoisotopic (exact) mass is 373 g/mol. The molecule has 0 aromatic carbocycles. The molecule has 0 spiro atoms. The van der Waals surface area contributed by atoms with E-state index in [4.69, 9.17) is 4.74 Å². The number of methoxy groups -OCH3 is 1. The Morgan fingerprint density at radius 1 is 1.19 bits per heavy atom. The van der Waals surface area contributed by atoms with E-state index < -0.39 is 0 Å². The molecule has 0 atom stereocenters. The van der Waals surface area contributed by atoms with E-state index in [9.17, 15) is 0 Å². The largest absolute Gasteiger partial charge is 0.385 e. The van der Waals surface area contributed by atoms with Crippen molar-refractivity contribution in [3.63, 3.8) is 0 Å². The number of rotatable bonds is 8. The van der Waals surface area contributed by atoms with Gasteiger partial charge in [-0.1, -0.05) is 18.9 Å². The van der Waals surface area contributed by atoms with Crippen LogP contribution in [0.4, 0.5) is 5.82 Å². The molecule has 6 heteroatoms. The van der Waals surface area contributed by atoms with Crippen molar-refractivity contribution in [1.82, 2.24) is 15.6 Å². The molecule has 1 saturated carbocycles. The summed E-state index contributed by atoms with van der Waals surface area (Å²) in [5, 5.41) is 6.97. The summed E-state index contributed by atoms with van der Waals surface area (Å²) in [6, 6.07) is 4.30. The minimum atomic E-state index is 0.354. The molecule has 150 valence electrons. The number of aromatic nitrogens is 1. The average Bonchev–Trinajstić information content (AvgIpc) is 3.40. The number of aliphatic imine (C=N–C) groups is 1. The van der Waals surface area contributed by atoms with Crippen LogP contribution in [0.1, 0.15) is 50.5 Å². The molecular formula is C21H35N5O. The highest BCUT2D eigenvalue weighted by molar-refractivity contribution is 5.79. The molecule has 1 aliphatic heterocycles. The molecule has 2 N–H and O–H groups in total. The number of hydrogen-bond acceptors (Lipinski definition) is 4. The van der Waals surface area contributed by atoms with E-state index in [0.29, 0.717) is 5.41 Å². The molecule has 2 heterocycles. The molecule has 0 amide bonds. The van der Waals surface area contributed by atoms with Gasteiger partial charge in [0, 0.05) is 53.1 Å². The van der Waals surface area contributed by atoms with Crippen molar-refractivity contribution >= 4 is 11.8 Å². The van der Waals surface area contributed by atoms with E-state index in [1.54, 1.807) is 7.11 Å². The Labute approximate surface area is 163 Å². The molecule has 0 radical (unpaired) electrons. The highest BCUT2D eigenvalue weighted by Gasteiger charge is 2.33. The molecule has 1 saturated heterocycles. The first-order chi connectivity index (χ1) is 13.2. The summed E-state index contributed by atoms with van der Waals surface area (Å²) in [6.07, 6.45) is 10.9. The third-order valence-electron chi connectivity index (χ3n) is 6.05. The second kappa shape index (κ2) is 9.93. The fraction of sp³-hybridized carbons (Fsp3) is 0.714. The van der Waals surface area contributed by atoms with Gasteiger partial charge in [-0.3, -0.25) is 4.99 Å². The second-order valence-electron chi connectivity index (χ2n) is 7.95. The summed E-state index contributed by atoms with van der Waals surface area (Å²) in [4.78, 5) is 11.4. The molecule has 1 aromatic heterocycles. The zero-order valence-corrected chi connectivity index (χ0v) is 17.0. The fourth-order valence-electron chi connectivity index (χ4n) is 4.29. The van der Waals surface area contributed by atoms with E-state index in [0.717, 1.165) is 51.0 Å². The van der Waals surface area contributed by atoms with Gasteiger partial charge in [0.2, 0.25) is 0 Å². The Hall–Kier alpha value is -1.82. The van der Waals surface area contributed by atoms with Crippen LogP contribution in [0, 0.1) is 5.41 Å². The second-order valence-corrected chi connectivity index (χ2v) is 7.95. The Morgan fingerprint density at radius 2 is 1.96 bits per heavy atom. The smallest absolute Gasteiger partial charge is 0.191 e. The number of ether oxygens (including phenoxy) is 1. The lowest BCUT2D eigenvalue weighted by Crippen LogP contribution is -2.43. The topological polar surface area (TPSA) is 61.8 Å². The lowest BCUT2D eigenvalue weighted by molar-refractivity contribution is 0.138. The highest BCUT2D eigenvalue weighted by atomic mass is 16.5. The lowest BCUT2D eigenvalue weighted by Gasteiger charge is -2.30. The summed E-state index contributed by atoms with van der Waals surface area (Å²) in [7, 11) is 3.63. The zero-order valence-electron chi connectivity index (χ0n) is 17.0. The molecule has 6 nitrogen and oxygen atoms in total. The first-order valence-electron chi connectivity index (χ1n) is 10.4. The van der Waals surface area contributed by atoms with Gasteiger partial charge in [-0.2, -0.15) is 0 Å². The molecule has 0 bridgehead atoms. The summed E-state index contributed by atoms with van der Waals surface area (Å²) in [6.45, 7) is 4.79. The third-order valence-corrected chi connectivity index (χ3v) is 6.05. The van der Waals surface area contributed by atoms with Crippen molar-refractivity contribution in [3.05, 3.63) is 23.9 Å². The molecule has 3 rings (SSSR count). The van der Waals surface area contributed by atoms with Gasteiger partial charge < -0.3 is 20.3 Å². The highest BCUT2D eigenvalue weighted by Crippen LogP contribution is 2.40. The maximum Gasteiger partial charge on any atom is 0.191 e. The fourth-order valence-corrected chi connectivity index (χ4v) is 4.29. The van der Waals surface area contributed by atoms with Crippen molar-refractivity contribution in [2.75, 3.05) is 45.3 Å². The summed E-state index contributed by atoms with van der Waals surface area (Å²) in [5.41, 5.74) is 1.53. The van der Waals surface area contributed by atoms with Gasteiger partial charge in [0.25, 0.3) is 0 Å². The Morgan fingerprint density at radius 3 is 2.59 bits per heavy atom. The summed E-state index contributed by atoms with van der Waals surface area (Å²) < 4.78 is 5.33. The van der Waals surface area contributed by atoms with Gasteiger partial charge in [0.1, 0.15) is 5.82 Å². The molecule has 2 fully saturated rings. The van der Waals surface area contributed by atoms with Crippen LogP contribution >= 0.6 is 0 Å². The van der Waals surface area contributed by atoms with Crippen LogP contribution in [-0.4, -0.2) is 51.3 Å². The van der Waals surface area contributed by atoms with Crippen molar-refractivity contribution in [2.24, 2.45) is 10.4 Å². The van der Waals surface area contributed by atoms with Gasteiger partial charge in [-0.25, -0.2) is 4.98 Å². The number of hydrogen-bond donors (Lipinski definition) is 2. The van der Waals surface area contributed by atoms with Crippen molar-refractivity contribution < 1.29 is 4.74 Å². The van der Waals surface area contributed by atoms with Crippen LogP contribution in [0.3, 0.4) is 0 Å². The Balaban J connectivity index is 1.47. The van der Waals surface area contributed by atoms with Crippen LogP contribution < -0.4 is 15.5 Å². The normalized spacial score (nSPS) is 19.5. The third kappa shape index (κ3) is 5.58. The van der Waals surface area contributed by atoms with E-state index >= 15 is 0 Å². The van der Waals surface area contributed by atoms with Crippen molar-refractivity contribution in [3.8, 4) is 0 Å². The quantitative estimate of drug-likeness (QED) is 0.542. The van der Waals surface area contributed by atoms with Crippen LogP contribution in [-0.2, 0) is 11.3 Å². The number of guanidine groups is 1. The SMILES string of the molecule is CN=C(NCc1ccc(N2CCCC2)nc1)NCC1(CCOC)CCCC1. The van der Waals surface area contributed by atoms with Gasteiger partial charge in [-0.05, 0) is 49.1 Å². The Kier molecular flexibility index (Phi) is 7.33. The molecule has 1 aromatic rings. The predicted molar refractivity (Wildman–Crippen MR) is 111 cm³/mol. The molecule has 1 aliphatic carbocycles.